The summed E-state index contributed by atoms with van der Waals surface area (Å²) in [7, 11) is 0. The number of pyridine rings is 1. The van der Waals surface area contributed by atoms with E-state index in [0.29, 0.717) is 0 Å². The molecule has 2 aromatic heterocycles. The molecule has 5 aromatic rings. The van der Waals surface area contributed by atoms with E-state index in [1.807, 2.05) is 18.3 Å². The van der Waals surface area contributed by atoms with E-state index in [2.05, 4.69) is 90.1 Å². The molecule has 164 valence electrons. The first-order valence-corrected chi connectivity index (χ1v) is 11.7. The average Bonchev–Trinajstić information content (AvgIpc) is 3.21. The van der Waals surface area contributed by atoms with Crippen LogP contribution >= 0.6 is 0 Å². The lowest BCUT2D eigenvalue weighted by Crippen LogP contribution is -2.44. The number of hydrogen-bond donors (Lipinski definition) is 0. The van der Waals surface area contributed by atoms with E-state index in [-0.39, 0.29) is 10.8 Å². The molecule has 0 radical (unpaired) electrons. The molecule has 0 unspecified atom stereocenters. The lowest BCUT2D eigenvalue weighted by molar-refractivity contribution is 0.297. The lowest BCUT2D eigenvalue weighted by Gasteiger charge is -2.49. The third-order valence-electron chi connectivity index (χ3n) is 8.26. The molecule has 0 amide bonds. The first-order valence-electron chi connectivity index (χ1n) is 11.7. The molecule has 0 saturated carbocycles. The second-order valence-corrected chi connectivity index (χ2v) is 10.6. The molecule has 0 aliphatic heterocycles. The van der Waals surface area contributed by atoms with E-state index in [0.717, 1.165) is 28.0 Å². The van der Waals surface area contributed by atoms with Crippen LogP contribution in [-0.2, 0) is 10.8 Å². The van der Waals surface area contributed by atoms with Gasteiger partial charge in [0, 0.05) is 28.1 Å². The Morgan fingerprint density at radius 1 is 0.727 bits per heavy atom. The van der Waals surface area contributed by atoms with Gasteiger partial charge in [-0.1, -0.05) is 69.7 Å². The molecule has 0 fully saturated rings. The summed E-state index contributed by atoms with van der Waals surface area (Å²) in [5.41, 5.74) is 9.47. The van der Waals surface area contributed by atoms with Crippen molar-refractivity contribution in [1.82, 2.24) is 4.98 Å². The molecule has 2 heterocycles. The summed E-state index contributed by atoms with van der Waals surface area (Å²) in [5.74, 6) is 0.913. The van der Waals surface area contributed by atoms with Crippen LogP contribution in [-0.4, -0.2) is 4.98 Å². The molecule has 0 N–H and O–H groups in total. The highest BCUT2D eigenvalue weighted by Crippen LogP contribution is 2.57. The van der Waals surface area contributed by atoms with Gasteiger partial charge in [0.15, 0.2) is 0 Å². The summed E-state index contributed by atoms with van der Waals surface area (Å²) in [4.78, 5) is 4.99. The van der Waals surface area contributed by atoms with E-state index in [1.165, 1.54) is 38.6 Å². The number of aryl methyl sites for hydroxylation is 2. The molecule has 3 aromatic carbocycles. The van der Waals surface area contributed by atoms with Crippen molar-refractivity contribution in [1.29, 1.82) is 0 Å². The molecule has 33 heavy (non-hydrogen) atoms. The Labute approximate surface area is 195 Å². The molecule has 0 saturated heterocycles. The fraction of sp³-hybridized carbons (Fsp3) is 0.258. The largest absolute Gasteiger partial charge is 0.456 e. The zero-order chi connectivity index (χ0) is 23.1. The van der Waals surface area contributed by atoms with Gasteiger partial charge in [0.2, 0.25) is 0 Å². The monoisotopic (exact) mass is 431 g/mol. The van der Waals surface area contributed by atoms with Gasteiger partial charge in [0.1, 0.15) is 11.3 Å². The first-order chi connectivity index (χ1) is 15.7. The SMILES string of the molecule is Cc1ccc2c(C)c3c(cc2c1)-c1nccc(-c2cc4ccccc4o2)c1C(C)(C)C3(C)C. The summed E-state index contributed by atoms with van der Waals surface area (Å²) in [6, 6.07) is 21.7. The van der Waals surface area contributed by atoms with Gasteiger partial charge in [-0.05, 0) is 71.0 Å². The fourth-order valence-corrected chi connectivity index (χ4v) is 5.94. The van der Waals surface area contributed by atoms with Gasteiger partial charge in [0.25, 0.3) is 0 Å². The second-order valence-electron chi connectivity index (χ2n) is 10.6. The molecule has 0 spiro atoms. The Hall–Kier alpha value is -3.39. The van der Waals surface area contributed by atoms with Crippen LogP contribution in [0.3, 0.4) is 0 Å². The second kappa shape index (κ2) is 6.57. The number of fused-ring (bicyclic) bond motifs is 5. The van der Waals surface area contributed by atoms with Crippen LogP contribution in [0.1, 0.15) is 49.9 Å². The number of aromatic nitrogens is 1. The third-order valence-corrected chi connectivity index (χ3v) is 8.26. The molecular formula is C31H29NO. The van der Waals surface area contributed by atoms with Crippen LogP contribution < -0.4 is 0 Å². The lowest BCUT2D eigenvalue weighted by atomic mass is 9.54. The van der Waals surface area contributed by atoms with Gasteiger partial charge < -0.3 is 4.42 Å². The molecule has 2 heteroatoms. The summed E-state index contributed by atoms with van der Waals surface area (Å²) in [5, 5.41) is 3.74. The van der Waals surface area contributed by atoms with E-state index in [9.17, 15) is 0 Å². The summed E-state index contributed by atoms with van der Waals surface area (Å²) in [6.45, 7) is 13.9. The van der Waals surface area contributed by atoms with Gasteiger partial charge in [-0.3, -0.25) is 4.98 Å². The fourth-order valence-electron chi connectivity index (χ4n) is 5.94. The predicted octanol–water partition coefficient (Wildman–Crippen LogP) is 8.50. The Morgan fingerprint density at radius 3 is 2.27 bits per heavy atom. The van der Waals surface area contributed by atoms with Crippen molar-refractivity contribution in [3.63, 3.8) is 0 Å². The number of nitrogens with zero attached hydrogens (tertiary/aromatic N) is 1. The maximum Gasteiger partial charge on any atom is 0.135 e. The van der Waals surface area contributed by atoms with Gasteiger partial charge in [-0.2, -0.15) is 0 Å². The number of hydrogen-bond acceptors (Lipinski definition) is 2. The van der Waals surface area contributed by atoms with Crippen LogP contribution in [0, 0.1) is 13.8 Å². The van der Waals surface area contributed by atoms with Crippen LogP contribution in [0.2, 0.25) is 0 Å². The molecule has 0 bridgehead atoms. The molecule has 1 aliphatic rings. The van der Waals surface area contributed by atoms with E-state index in [4.69, 9.17) is 9.40 Å². The summed E-state index contributed by atoms with van der Waals surface area (Å²) in [6.07, 6.45) is 1.94. The van der Waals surface area contributed by atoms with Crippen LogP contribution in [0.15, 0.2) is 71.3 Å². The molecule has 6 rings (SSSR count). The predicted molar refractivity (Wildman–Crippen MR) is 138 cm³/mol. The smallest absolute Gasteiger partial charge is 0.135 e. The van der Waals surface area contributed by atoms with Crippen molar-refractivity contribution >= 4 is 21.7 Å². The molecule has 1 aliphatic carbocycles. The zero-order valence-electron chi connectivity index (χ0n) is 20.2. The molecule has 2 nitrogen and oxygen atoms in total. The van der Waals surface area contributed by atoms with Crippen LogP contribution in [0.4, 0.5) is 0 Å². The first kappa shape index (κ1) is 20.2. The topological polar surface area (TPSA) is 26.0 Å². The highest BCUT2D eigenvalue weighted by molar-refractivity contribution is 5.96. The summed E-state index contributed by atoms with van der Waals surface area (Å²) >= 11 is 0. The average molecular weight is 432 g/mol. The Bertz CT molecular complexity index is 1550. The number of para-hydroxylation sites is 1. The van der Waals surface area contributed by atoms with Crippen molar-refractivity contribution in [2.24, 2.45) is 0 Å². The molecule has 0 atom stereocenters. The van der Waals surface area contributed by atoms with Gasteiger partial charge in [0.05, 0.1) is 5.69 Å². The van der Waals surface area contributed by atoms with E-state index >= 15 is 0 Å². The quantitative estimate of drug-likeness (QED) is 0.266. The number of furan rings is 1. The van der Waals surface area contributed by atoms with E-state index in [1.54, 1.807) is 0 Å². The van der Waals surface area contributed by atoms with Crippen molar-refractivity contribution in [3.8, 4) is 22.6 Å². The van der Waals surface area contributed by atoms with Crippen molar-refractivity contribution in [2.75, 3.05) is 0 Å². The van der Waals surface area contributed by atoms with Gasteiger partial charge >= 0.3 is 0 Å². The highest BCUT2D eigenvalue weighted by Gasteiger charge is 2.49. The van der Waals surface area contributed by atoms with Gasteiger partial charge in [-0.15, -0.1) is 0 Å². The minimum atomic E-state index is -0.152. The number of rotatable bonds is 1. The minimum absolute atomic E-state index is 0.0949. The Kier molecular flexibility index (Phi) is 4.03. The highest BCUT2D eigenvalue weighted by atomic mass is 16.3. The van der Waals surface area contributed by atoms with Crippen molar-refractivity contribution in [3.05, 3.63) is 89.1 Å². The maximum atomic E-state index is 6.35. The molecular weight excluding hydrogens is 402 g/mol. The summed E-state index contributed by atoms with van der Waals surface area (Å²) < 4.78 is 6.35. The van der Waals surface area contributed by atoms with Crippen molar-refractivity contribution in [2.45, 2.75) is 52.4 Å². The Balaban J connectivity index is 1.73. The van der Waals surface area contributed by atoms with Crippen LogP contribution in [0.25, 0.3) is 44.3 Å². The maximum absolute atomic E-state index is 6.35. The van der Waals surface area contributed by atoms with E-state index < -0.39 is 0 Å². The Morgan fingerprint density at radius 2 is 1.48 bits per heavy atom. The van der Waals surface area contributed by atoms with Crippen LogP contribution in [0.5, 0.6) is 0 Å². The van der Waals surface area contributed by atoms with Crippen molar-refractivity contribution < 1.29 is 4.42 Å². The van der Waals surface area contributed by atoms with Gasteiger partial charge in [-0.25, -0.2) is 0 Å². The normalized spacial score (nSPS) is 16.1. The standard InChI is InChI=1S/C31H29NO/c1-18-11-12-22-19(2)27-24(16-21(22)15-18)29-28(31(5,6)30(27,3)4)23(13-14-32-29)26-17-20-9-7-8-10-25(20)33-26/h7-17H,1-6H3. The zero-order valence-corrected chi connectivity index (χ0v) is 20.2. The third kappa shape index (κ3) is 2.64. The minimum Gasteiger partial charge on any atom is -0.456 e. The number of benzene rings is 3.